The Labute approximate surface area is 129 Å². The van der Waals surface area contributed by atoms with Crippen molar-refractivity contribution in [2.75, 3.05) is 0 Å². The molecule has 0 spiro atoms. The molecule has 106 valence electrons. The molecule has 6 heteroatoms. The number of hydrogen-bond donors (Lipinski definition) is 0. The van der Waals surface area contributed by atoms with Crippen LogP contribution in [0.4, 0.5) is 4.39 Å². The van der Waals surface area contributed by atoms with Gasteiger partial charge in [0.05, 0.1) is 12.1 Å². The molecule has 0 unspecified atom stereocenters. The zero-order valence-corrected chi connectivity index (χ0v) is 12.2. The van der Waals surface area contributed by atoms with Crippen LogP contribution in [0.5, 0.6) is 0 Å². The van der Waals surface area contributed by atoms with Gasteiger partial charge in [-0.1, -0.05) is 29.3 Å². The van der Waals surface area contributed by atoms with Crippen LogP contribution in [0.15, 0.2) is 36.4 Å². The van der Waals surface area contributed by atoms with Crippen molar-refractivity contribution in [3.8, 4) is 0 Å². The second-order valence-electron chi connectivity index (χ2n) is 4.56. The Balaban J connectivity index is 2.10. The van der Waals surface area contributed by atoms with Gasteiger partial charge in [-0.15, -0.1) is 0 Å². The van der Waals surface area contributed by atoms with Crippen LogP contribution in [0, 0.1) is 5.82 Å². The average molecular weight is 323 g/mol. The van der Waals surface area contributed by atoms with E-state index in [4.69, 9.17) is 23.2 Å². The SMILES string of the molecule is O=Cc1nn(Cc2ccc(Cl)cc2F)c2ccc(Cl)cc12. The molecule has 0 bridgehead atoms. The maximum Gasteiger partial charge on any atom is 0.170 e. The first-order valence-corrected chi connectivity index (χ1v) is 6.89. The molecule has 1 aromatic heterocycles. The summed E-state index contributed by atoms with van der Waals surface area (Å²) in [6, 6.07) is 9.59. The number of carbonyl (C=O) groups is 1. The number of benzene rings is 2. The molecule has 0 N–H and O–H groups in total. The highest BCUT2D eigenvalue weighted by Crippen LogP contribution is 2.23. The van der Waals surface area contributed by atoms with Crippen LogP contribution in [0.3, 0.4) is 0 Å². The highest BCUT2D eigenvalue weighted by atomic mass is 35.5. The zero-order chi connectivity index (χ0) is 15.0. The smallest absolute Gasteiger partial charge is 0.170 e. The van der Waals surface area contributed by atoms with Crippen LogP contribution in [0.1, 0.15) is 16.1 Å². The lowest BCUT2D eigenvalue weighted by Crippen LogP contribution is -2.04. The Morgan fingerprint density at radius 1 is 1.14 bits per heavy atom. The van der Waals surface area contributed by atoms with Gasteiger partial charge in [-0.3, -0.25) is 9.48 Å². The summed E-state index contributed by atoms with van der Waals surface area (Å²) < 4.78 is 15.4. The predicted molar refractivity (Wildman–Crippen MR) is 80.6 cm³/mol. The second-order valence-corrected chi connectivity index (χ2v) is 5.43. The molecule has 0 saturated heterocycles. The van der Waals surface area contributed by atoms with Gasteiger partial charge in [0.15, 0.2) is 6.29 Å². The minimum atomic E-state index is -0.409. The summed E-state index contributed by atoms with van der Waals surface area (Å²) in [6.45, 7) is 0.203. The Bertz CT molecular complexity index is 845. The number of aldehydes is 1. The summed E-state index contributed by atoms with van der Waals surface area (Å²) in [6.07, 6.45) is 0.660. The van der Waals surface area contributed by atoms with E-state index in [2.05, 4.69) is 5.10 Å². The van der Waals surface area contributed by atoms with Crippen molar-refractivity contribution in [2.24, 2.45) is 0 Å². The number of hydrogen-bond acceptors (Lipinski definition) is 2. The third kappa shape index (κ3) is 2.64. The molecule has 0 radical (unpaired) electrons. The molecular weight excluding hydrogens is 314 g/mol. The average Bonchev–Trinajstić information content (AvgIpc) is 2.79. The lowest BCUT2D eigenvalue weighted by Gasteiger charge is -2.05. The van der Waals surface area contributed by atoms with Crippen molar-refractivity contribution < 1.29 is 9.18 Å². The molecule has 0 aliphatic rings. The number of halogens is 3. The quantitative estimate of drug-likeness (QED) is 0.672. The highest BCUT2D eigenvalue weighted by Gasteiger charge is 2.12. The van der Waals surface area contributed by atoms with Gasteiger partial charge in [0.2, 0.25) is 0 Å². The maximum atomic E-state index is 13.9. The molecule has 3 nitrogen and oxygen atoms in total. The van der Waals surface area contributed by atoms with Crippen LogP contribution in [-0.4, -0.2) is 16.1 Å². The third-order valence-corrected chi connectivity index (χ3v) is 3.66. The van der Waals surface area contributed by atoms with Gasteiger partial charge >= 0.3 is 0 Å². The van der Waals surface area contributed by atoms with E-state index in [9.17, 15) is 9.18 Å². The van der Waals surface area contributed by atoms with Crippen molar-refractivity contribution in [2.45, 2.75) is 6.54 Å². The van der Waals surface area contributed by atoms with Crippen LogP contribution >= 0.6 is 23.2 Å². The summed E-state index contributed by atoms with van der Waals surface area (Å²) in [5.41, 5.74) is 1.44. The molecule has 0 aliphatic heterocycles. The summed E-state index contributed by atoms with van der Waals surface area (Å²) in [5.74, 6) is -0.409. The standard InChI is InChI=1S/C15H9Cl2FN2O/c16-10-3-4-15-12(5-10)14(8-21)19-20(15)7-9-1-2-11(17)6-13(9)18/h1-6,8H,7H2. The number of aromatic nitrogens is 2. The summed E-state index contributed by atoms with van der Waals surface area (Å²) in [4.78, 5) is 11.1. The lowest BCUT2D eigenvalue weighted by molar-refractivity contribution is 0.111. The fourth-order valence-electron chi connectivity index (χ4n) is 2.20. The van der Waals surface area contributed by atoms with Gasteiger partial charge < -0.3 is 0 Å². The molecule has 3 aromatic rings. The first-order valence-electron chi connectivity index (χ1n) is 6.13. The molecule has 21 heavy (non-hydrogen) atoms. The van der Waals surface area contributed by atoms with Gasteiger partial charge in [-0.25, -0.2) is 4.39 Å². The predicted octanol–water partition coefficient (Wildman–Crippen LogP) is 4.34. The van der Waals surface area contributed by atoms with E-state index in [1.165, 1.54) is 6.07 Å². The van der Waals surface area contributed by atoms with E-state index in [1.54, 1.807) is 35.0 Å². The Hall–Kier alpha value is -1.91. The molecule has 2 aromatic carbocycles. The number of rotatable bonds is 3. The van der Waals surface area contributed by atoms with Crippen molar-refractivity contribution in [3.63, 3.8) is 0 Å². The Morgan fingerprint density at radius 2 is 1.86 bits per heavy atom. The van der Waals surface area contributed by atoms with E-state index in [0.29, 0.717) is 27.3 Å². The van der Waals surface area contributed by atoms with E-state index in [1.807, 2.05) is 0 Å². The minimum absolute atomic E-state index is 0.203. The monoisotopic (exact) mass is 322 g/mol. The van der Waals surface area contributed by atoms with Gasteiger partial charge in [0.1, 0.15) is 11.5 Å². The zero-order valence-electron chi connectivity index (χ0n) is 10.7. The Kier molecular flexibility index (Phi) is 3.66. The summed E-state index contributed by atoms with van der Waals surface area (Å²) >= 11 is 11.7. The Morgan fingerprint density at radius 3 is 2.57 bits per heavy atom. The van der Waals surface area contributed by atoms with Gasteiger partial charge in [0.25, 0.3) is 0 Å². The molecule has 0 aliphatic carbocycles. The van der Waals surface area contributed by atoms with Crippen molar-refractivity contribution in [1.82, 2.24) is 9.78 Å². The van der Waals surface area contributed by atoms with Crippen molar-refractivity contribution in [3.05, 3.63) is 63.5 Å². The van der Waals surface area contributed by atoms with E-state index in [-0.39, 0.29) is 12.2 Å². The maximum absolute atomic E-state index is 13.9. The van der Waals surface area contributed by atoms with Crippen molar-refractivity contribution >= 4 is 40.4 Å². The van der Waals surface area contributed by atoms with Gasteiger partial charge in [-0.2, -0.15) is 5.10 Å². The van der Waals surface area contributed by atoms with E-state index in [0.717, 1.165) is 5.52 Å². The molecule has 0 atom stereocenters. The first kappa shape index (κ1) is 14.0. The highest BCUT2D eigenvalue weighted by molar-refractivity contribution is 6.31. The van der Waals surface area contributed by atoms with Crippen molar-refractivity contribution in [1.29, 1.82) is 0 Å². The summed E-state index contributed by atoms with van der Waals surface area (Å²) in [5, 5.41) is 5.69. The lowest BCUT2D eigenvalue weighted by atomic mass is 10.2. The minimum Gasteiger partial charge on any atom is -0.296 e. The van der Waals surface area contributed by atoms with Crippen LogP contribution in [0.25, 0.3) is 10.9 Å². The fourth-order valence-corrected chi connectivity index (χ4v) is 2.53. The number of fused-ring (bicyclic) bond motifs is 1. The molecule has 1 heterocycles. The molecule has 0 amide bonds. The first-order chi connectivity index (χ1) is 10.1. The van der Waals surface area contributed by atoms with Crippen LogP contribution in [0.2, 0.25) is 10.0 Å². The fraction of sp³-hybridized carbons (Fsp3) is 0.0667. The van der Waals surface area contributed by atoms with Crippen LogP contribution in [-0.2, 0) is 6.54 Å². The van der Waals surface area contributed by atoms with E-state index < -0.39 is 5.82 Å². The van der Waals surface area contributed by atoms with Gasteiger partial charge in [0, 0.05) is 21.0 Å². The number of nitrogens with zero attached hydrogens (tertiary/aromatic N) is 2. The molecule has 3 rings (SSSR count). The second kappa shape index (κ2) is 5.47. The topological polar surface area (TPSA) is 34.9 Å². The number of carbonyl (C=O) groups excluding carboxylic acids is 1. The largest absolute Gasteiger partial charge is 0.296 e. The van der Waals surface area contributed by atoms with Gasteiger partial charge in [-0.05, 0) is 30.3 Å². The summed E-state index contributed by atoms with van der Waals surface area (Å²) in [7, 11) is 0. The van der Waals surface area contributed by atoms with E-state index >= 15 is 0 Å². The molecule has 0 fully saturated rings. The molecule has 0 saturated carbocycles. The van der Waals surface area contributed by atoms with Crippen LogP contribution < -0.4 is 0 Å². The third-order valence-electron chi connectivity index (χ3n) is 3.19. The molecular formula is C15H9Cl2FN2O. The normalized spacial score (nSPS) is 11.0.